The molecule has 6 nitrogen and oxygen atoms in total. The molecule has 0 bridgehead atoms. The van der Waals surface area contributed by atoms with Crippen LogP contribution in [0.2, 0.25) is 0 Å². The van der Waals surface area contributed by atoms with Gasteiger partial charge in [-0.3, -0.25) is 9.59 Å². The molecule has 130 valence electrons. The Balaban J connectivity index is 1.65. The third kappa shape index (κ3) is 4.09. The lowest BCUT2D eigenvalue weighted by molar-refractivity contribution is -0.122. The lowest BCUT2D eigenvalue weighted by Gasteiger charge is -2.26. The number of para-hydroxylation sites is 4. The highest BCUT2D eigenvalue weighted by molar-refractivity contribution is 6.06. The smallest absolute Gasteiger partial charge is 0.247 e. The summed E-state index contributed by atoms with van der Waals surface area (Å²) in [6.07, 6.45) is 0.913. The third-order valence-electron chi connectivity index (χ3n) is 3.84. The molecule has 2 amide bonds. The standard InChI is InChI=1S/C19H21N3O3/c1-2-11-25-17-10-6-5-9-15(17)21-18(23)12-16-19(24)22-14-8-4-3-7-13(14)20-16/h3-10,16,20H,2,11-12H2,1H3,(H,21,23)(H,22,24)/t16-/m0/s1. The molecule has 3 N–H and O–H groups in total. The van der Waals surface area contributed by atoms with Gasteiger partial charge in [0.05, 0.1) is 30.1 Å². The van der Waals surface area contributed by atoms with E-state index in [4.69, 9.17) is 4.74 Å². The summed E-state index contributed by atoms with van der Waals surface area (Å²) < 4.78 is 5.64. The van der Waals surface area contributed by atoms with Crippen molar-refractivity contribution in [3.8, 4) is 5.75 Å². The highest BCUT2D eigenvalue weighted by Gasteiger charge is 2.27. The molecule has 3 rings (SSSR count). The molecule has 1 aliphatic heterocycles. The van der Waals surface area contributed by atoms with Gasteiger partial charge < -0.3 is 20.7 Å². The lowest BCUT2D eigenvalue weighted by Crippen LogP contribution is -2.41. The van der Waals surface area contributed by atoms with Gasteiger partial charge in [-0.25, -0.2) is 0 Å². The van der Waals surface area contributed by atoms with E-state index in [9.17, 15) is 9.59 Å². The van der Waals surface area contributed by atoms with Crippen LogP contribution < -0.4 is 20.7 Å². The fraction of sp³-hybridized carbons (Fsp3) is 0.263. The van der Waals surface area contributed by atoms with Crippen molar-refractivity contribution in [3.63, 3.8) is 0 Å². The zero-order valence-corrected chi connectivity index (χ0v) is 14.0. The van der Waals surface area contributed by atoms with Crippen molar-refractivity contribution in [2.24, 2.45) is 0 Å². The Hall–Kier alpha value is -3.02. The van der Waals surface area contributed by atoms with E-state index in [1.807, 2.05) is 49.4 Å². The number of ether oxygens (including phenoxy) is 1. The summed E-state index contributed by atoms with van der Waals surface area (Å²) in [6.45, 7) is 2.60. The zero-order valence-electron chi connectivity index (χ0n) is 14.0. The van der Waals surface area contributed by atoms with Gasteiger partial charge in [-0.15, -0.1) is 0 Å². The number of hydrogen-bond donors (Lipinski definition) is 3. The maximum atomic E-state index is 12.4. The second-order valence-electron chi connectivity index (χ2n) is 5.83. The maximum Gasteiger partial charge on any atom is 0.247 e. The first kappa shape index (κ1) is 16.8. The van der Waals surface area contributed by atoms with Gasteiger partial charge in [0.15, 0.2) is 0 Å². The number of rotatable bonds is 6. The molecule has 0 saturated carbocycles. The molecule has 1 atom stereocenters. The summed E-state index contributed by atoms with van der Waals surface area (Å²) in [5.74, 6) is 0.160. The van der Waals surface area contributed by atoms with E-state index in [1.54, 1.807) is 6.07 Å². The minimum atomic E-state index is -0.612. The van der Waals surface area contributed by atoms with Crippen LogP contribution in [0.25, 0.3) is 0 Å². The van der Waals surface area contributed by atoms with Gasteiger partial charge in [0.2, 0.25) is 11.8 Å². The Kier molecular flexibility index (Phi) is 5.18. The van der Waals surface area contributed by atoms with Crippen LogP contribution in [0.15, 0.2) is 48.5 Å². The Morgan fingerprint density at radius 3 is 2.64 bits per heavy atom. The van der Waals surface area contributed by atoms with Crippen molar-refractivity contribution < 1.29 is 14.3 Å². The molecule has 0 saturated heterocycles. The Morgan fingerprint density at radius 1 is 1.12 bits per heavy atom. The fourth-order valence-electron chi connectivity index (χ4n) is 2.63. The summed E-state index contributed by atoms with van der Waals surface area (Å²) in [5.41, 5.74) is 2.15. The molecular weight excluding hydrogens is 318 g/mol. The van der Waals surface area contributed by atoms with Crippen LogP contribution in [0, 0.1) is 0 Å². The largest absolute Gasteiger partial charge is 0.491 e. The van der Waals surface area contributed by atoms with Gasteiger partial charge in [0.1, 0.15) is 11.8 Å². The first-order valence-electron chi connectivity index (χ1n) is 8.35. The van der Waals surface area contributed by atoms with Gasteiger partial charge in [0.25, 0.3) is 0 Å². The number of carbonyl (C=O) groups is 2. The molecule has 6 heteroatoms. The Labute approximate surface area is 146 Å². The summed E-state index contributed by atoms with van der Waals surface area (Å²) in [4.78, 5) is 24.6. The number of benzene rings is 2. The molecule has 0 aliphatic carbocycles. The zero-order chi connectivity index (χ0) is 17.6. The molecule has 25 heavy (non-hydrogen) atoms. The van der Waals surface area contributed by atoms with E-state index in [2.05, 4.69) is 16.0 Å². The average molecular weight is 339 g/mol. The molecule has 2 aromatic carbocycles. The van der Waals surface area contributed by atoms with Gasteiger partial charge >= 0.3 is 0 Å². The van der Waals surface area contributed by atoms with Crippen LogP contribution in [-0.2, 0) is 9.59 Å². The van der Waals surface area contributed by atoms with E-state index >= 15 is 0 Å². The van der Waals surface area contributed by atoms with E-state index in [-0.39, 0.29) is 18.2 Å². The van der Waals surface area contributed by atoms with Crippen LogP contribution in [0.1, 0.15) is 19.8 Å². The van der Waals surface area contributed by atoms with Crippen LogP contribution in [0.5, 0.6) is 5.75 Å². The van der Waals surface area contributed by atoms with Gasteiger partial charge in [-0.1, -0.05) is 31.2 Å². The monoisotopic (exact) mass is 339 g/mol. The van der Waals surface area contributed by atoms with Crippen molar-refractivity contribution in [1.82, 2.24) is 0 Å². The van der Waals surface area contributed by atoms with Crippen molar-refractivity contribution in [1.29, 1.82) is 0 Å². The van der Waals surface area contributed by atoms with Crippen LogP contribution in [-0.4, -0.2) is 24.5 Å². The normalized spacial score (nSPS) is 15.6. The number of carbonyl (C=O) groups excluding carboxylic acids is 2. The summed E-state index contributed by atoms with van der Waals surface area (Å²) in [5, 5.41) is 8.75. The predicted molar refractivity (Wildman–Crippen MR) is 98.0 cm³/mol. The summed E-state index contributed by atoms with van der Waals surface area (Å²) >= 11 is 0. The van der Waals surface area contributed by atoms with Crippen LogP contribution in [0.3, 0.4) is 0 Å². The van der Waals surface area contributed by atoms with E-state index in [0.29, 0.717) is 18.0 Å². The van der Waals surface area contributed by atoms with E-state index in [0.717, 1.165) is 17.8 Å². The molecular formula is C19H21N3O3. The van der Waals surface area contributed by atoms with Crippen molar-refractivity contribution >= 4 is 28.9 Å². The third-order valence-corrected chi connectivity index (χ3v) is 3.84. The lowest BCUT2D eigenvalue weighted by atomic mass is 10.1. The highest BCUT2D eigenvalue weighted by atomic mass is 16.5. The number of nitrogens with one attached hydrogen (secondary N) is 3. The number of hydrogen-bond acceptors (Lipinski definition) is 4. The minimum absolute atomic E-state index is 0.0300. The molecule has 1 aliphatic rings. The predicted octanol–water partition coefficient (Wildman–Crippen LogP) is 3.24. The van der Waals surface area contributed by atoms with Crippen LogP contribution >= 0.6 is 0 Å². The molecule has 0 unspecified atom stereocenters. The van der Waals surface area contributed by atoms with Crippen LogP contribution in [0.4, 0.5) is 17.1 Å². The van der Waals surface area contributed by atoms with Crippen molar-refractivity contribution in [3.05, 3.63) is 48.5 Å². The Morgan fingerprint density at radius 2 is 1.84 bits per heavy atom. The van der Waals surface area contributed by atoms with Crippen molar-refractivity contribution in [2.75, 3.05) is 22.6 Å². The quantitative estimate of drug-likeness (QED) is 0.755. The SMILES string of the molecule is CCCOc1ccccc1NC(=O)C[C@@H]1Nc2ccccc2NC1=O. The van der Waals surface area contributed by atoms with Gasteiger partial charge in [0, 0.05) is 0 Å². The highest BCUT2D eigenvalue weighted by Crippen LogP contribution is 2.28. The fourth-order valence-corrected chi connectivity index (χ4v) is 2.63. The average Bonchev–Trinajstić information content (AvgIpc) is 2.61. The molecule has 2 aromatic rings. The van der Waals surface area contributed by atoms with Gasteiger partial charge in [-0.05, 0) is 30.7 Å². The number of amides is 2. The van der Waals surface area contributed by atoms with E-state index < -0.39 is 6.04 Å². The summed E-state index contributed by atoms with van der Waals surface area (Å²) in [6, 6.07) is 14.1. The summed E-state index contributed by atoms with van der Waals surface area (Å²) in [7, 11) is 0. The van der Waals surface area contributed by atoms with E-state index in [1.165, 1.54) is 0 Å². The molecule has 0 radical (unpaired) electrons. The molecule has 0 fully saturated rings. The second kappa shape index (κ2) is 7.70. The maximum absolute atomic E-state index is 12.4. The Bertz CT molecular complexity index is 776. The molecule has 0 spiro atoms. The number of anilines is 3. The second-order valence-corrected chi connectivity index (χ2v) is 5.83. The first-order chi connectivity index (χ1) is 12.2. The van der Waals surface area contributed by atoms with Gasteiger partial charge in [-0.2, -0.15) is 0 Å². The minimum Gasteiger partial charge on any atom is -0.491 e. The topological polar surface area (TPSA) is 79.5 Å². The first-order valence-corrected chi connectivity index (χ1v) is 8.35. The molecule has 1 heterocycles. The number of fused-ring (bicyclic) bond motifs is 1. The molecule has 0 aromatic heterocycles. The van der Waals surface area contributed by atoms with Crippen molar-refractivity contribution in [2.45, 2.75) is 25.8 Å².